The quantitative estimate of drug-likeness (QED) is 0.761. The Morgan fingerprint density at radius 1 is 1.00 bits per heavy atom. The average molecular weight is 266 g/mol. The van der Waals surface area contributed by atoms with Gasteiger partial charge in [-0.25, -0.2) is 0 Å². The van der Waals surface area contributed by atoms with Gasteiger partial charge in [0.2, 0.25) is 0 Å². The summed E-state index contributed by atoms with van der Waals surface area (Å²) in [4.78, 5) is 2.55. The van der Waals surface area contributed by atoms with Crippen LogP contribution in [0.5, 0.6) is 0 Å². The molecule has 0 amide bonds. The van der Waals surface area contributed by atoms with Crippen LogP contribution in [0.3, 0.4) is 0 Å². The molecule has 2 heteroatoms. The molecule has 2 saturated carbocycles. The lowest BCUT2D eigenvalue weighted by Gasteiger charge is -2.47. The normalized spacial score (nSPS) is 26.5. The highest BCUT2D eigenvalue weighted by molar-refractivity contribution is 5.04. The molecule has 19 heavy (non-hydrogen) atoms. The van der Waals surface area contributed by atoms with Crippen molar-refractivity contribution in [1.82, 2.24) is 10.2 Å². The molecule has 0 aliphatic heterocycles. The topological polar surface area (TPSA) is 15.3 Å². The Hall–Kier alpha value is -0.0800. The summed E-state index contributed by atoms with van der Waals surface area (Å²) in [5.41, 5.74) is 0.436. The van der Waals surface area contributed by atoms with Crippen LogP contribution in [0.4, 0.5) is 0 Å². The fourth-order valence-electron chi connectivity index (χ4n) is 4.68. The van der Waals surface area contributed by atoms with Gasteiger partial charge in [-0.3, -0.25) is 0 Å². The van der Waals surface area contributed by atoms with Crippen molar-refractivity contribution in [3.8, 4) is 0 Å². The van der Waals surface area contributed by atoms with Crippen LogP contribution in [-0.2, 0) is 0 Å². The molecule has 0 aromatic carbocycles. The summed E-state index contributed by atoms with van der Waals surface area (Å²) >= 11 is 0. The highest BCUT2D eigenvalue weighted by Gasteiger charge is 2.45. The number of nitrogens with one attached hydrogen (secondary N) is 1. The summed E-state index contributed by atoms with van der Waals surface area (Å²) < 4.78 is 0. The Labute approximate surface area is 120 Å². The first kappa shape index (κ1) is 15.3. The van der Waals surface area contributed by atoms with Crippen molar-refractivity contribution in [2.24, 2.45) is 5.92 Å². The van der Waals surface area contributed by atoms with Gasteiger partial charge >= 0.3 is 0 Å². The molecular formula is C17H34N2. The van der Waals surface area contributed by atoms with Crippen LogP contribution in [0.15, 0.2) is 0 Å². The number of likely N-dealkylation sites (N-methyl/N-ethyl adjacent to an activating group) is 2. The lowest BCUT2D eigenvalue weighted by molar-refractivity contribution is 0.0690. The second-order valence-corrected chi connectivity index (χ2v) is 6.99. The molecule has 2 aliphatic carbocycles. The minimum Gasteiger partial charge on any atom is -0.312 e. The third-order valence-electron chi connectivity index (χ3n) is 5.73. The molecule has 2 rings (SSSR count). The maximum atomic E-state index is 3.90. The lowest BCUT2D eigenvalue weighted by atomic mass is 9.76. The monoisotopic (exact) mass is 266 g/mol. The van der Waals surface area contributed by atoms with Crippen LogP contribution < -0.4 is 5.32 Å². The fourth-order valence-corrected chi connectivity index (χ4v) is 4.68. The molecule has 0 aromatic heterocycles. The Morgan fingerprint density at radius 3 is 2.05 bits per heavy atom. The summed E-state index contributed by atoms with van der Waals surface area (Å²) in [6.07, 6.45) is 14.4. The number of hydrogen-bond donors (Lipinski definition) is 1. The zero-order valence-corrected chi connectivity index (χ0v) is 13.4. The summed E-state index contributed by atoms with van der Waals surface area (Å²) in [7, 11) is 4.62. The van der Waals surface area contributed by atoms with E-state index in [1.54, 1.807) is 0 Å². The molecule has 1 N–H and O–H groups in total. The Bertz CT molecular complexity index is 248. The molecule has 1 unspecified atom stereocenters. The second-order valence-electron chi connectivity index (χ2n) is 6.99. The van der Waals surface area contributed by atoms with Crippen molar-refractivity contribution in [2.75, 3.05) is 20.6 Å². The van der Waals surface area contributed by atoms with E-state index in [1.165, 1.54) is 64.2 Å². The zero-order chi connectivity index (χ0) is 13.7. The summed E-state index contributed by atoms with van der Waals surface area (Å²) in [5.74, 6) is 0.906. The van der Waals surface area contributed by atoms with Gasteiger partial charge in [-0.15, -0.1) is 0 Å². The molecule has 0 radical (unpaired) electrons. The van der Waals surface area contributed by atoms with Gasteiger partial charge in [0.1, 0.15) is 0 Å². The van der Waals surface area contributed by atoms with Crippen molar-refractivity contribution >= 4 is 0 Å². The van der Waals surface area contributed by atoms with E-state index in [2.05, 4.69) is 31.2 Å². The van der Waals surface area contributed by atoms with Crippen LogP contribution >= 0.6 is 0 Å². The first-order chi connectivity index (χ1) is 9.20. The van der Waals surface area contributed by atoms with Gasteiger partial charge in [-0.2, -0.15) is 0 Å². The smallest absolute Gasteiger partial charge is 0.0359 e. The molecule has 112 valence electrons. The van der Waals surface area contributed by atoms with Crippen molar-refractivity contribution in [1.29, 1.82) is 0 Å². The minimum absolute atomic E-state index is 0.436. The molecule has 0 aromatic rings. The number of rotatable bonds is 5. The number of hydrogen-bond acceptors (Lipinski definition) is 2. The van der Waals surface area contributed by atoms with Gasteiger partial charge in [-0.1, -0.05) is 45.4 Å². The van der Waals surface area contributed by atoms with Crippen molar-refractivity contribution < 1.29 is 0 Å². The third-order valence-corrected chi connectivity index (χ3v) is 5.73. The molecule has 1 atom stereocenters. The molecule has 2 fully saturated rings. The highest BCUT2D eigenvalue weighted by Crippen LogP contribution is 2.42. The van der Waals surface area contributed by atoms with Gasteiger partial charge in [0.05, 0.1) is 0 Å². The molecule has 2 nitrogen and oxygen atoms in total. The van der Waals surface area contributed by atoms with Crippen molar-refractivity contribution in [3.63, 3.8) is 0 Å². The van der Waals surface area contributed by atoms with Crippen molar-refractivity contribution in [2.45, 2.75) is 82.7 Å². The van der Waals surface area contributed by atoms with E-state index in [-0.39, 0.29) is 0 Å². The standard InChI is InChI=1S/C17H34N2/c1-4-18-16(15-11-7-5-6-8-12-15)17(19(2)3)13-9-10-14-17/h15-16,18H,4-14H2,1-3H3. The van der Waals surface area contributed by atoms with Crippen LogP contribution in [0, 0.1) is 5.92 Å². The van der Waals surface area contributed by atoms with Gasteiger partial charge in [0.25, 0.3) is 0 Å². The Balaban J connectivity index is 2.16. The lowest BCUT2D eigenvalue weighted by Crippen LogP contribution is -2.60. The largest absolute Gasteiger partial charge is 0.312 e. The van der Waals surface area contributed by atoms with Crippen LogP contribution in [-0.4, -0.2) is 37.1 Å². The summed E-state index contributed by atoms with van der Waals surface area (Å²) in [6.45, 7) is 3.40. The fraction of sp³-hybridized carbons (Fsp3) is 1.00. The van der Waals surface area contributed by atoms with Gasteiger partial charge in [0, 0.05) is 11.6 Å². The van der Waals surface area contributed by atoms with Crippen molar-refractivity contribution in [3.05, 3.63) is 0 Å². The summed E-state index contributed by atoms with van der Waals surface area (Å²) in [5, 5.41) is 3.90. The van der Waals surface area contributed by atoms with E-state index in [9.17, 15) is 0 Å². The zero-order valence-electron chi connectivity index (χ0n) is 13.4. The van der Waals surface area contributed by atoms with Gasteiger partial charge in [-0.05, 0) is 52.2 Å². The van der Waals surface area contributed by atoms with E-state index in [4.69, 9.17) is 0 Å². The van der Waals surface area contributed by atoms with E-state index < -0.39 is 0 Å². The first-order valence-electron chi connectivity index (χ1n) is 8.61. The first-order valence-corrected chi connectivity index (χ1v) is 8.61. The van der Waals surface area contributed by atoms with E-state index >= 15 is 0 Å². The Kier molecular flexibility index (Phi) is 5.70. The minimum atomic E-state index is 0.436. The predicted octanol–water partition coefficient (Wildman–Crippen LogP) is 3.81. The summed E-state index contributed by atoms with van der Waals surface area (Å²) in [6, 6.07) is 0.716. The van der Waals surface area contributed by atoms with Crippen LogP contribution in [0.2, 0.25) is 0 Å². The molecule has 0 spiro atoms. The molecule has 2 aliphatic rings. The van der Waals surface area contributed by atoms with Crippen LogP contribution in [0.1, 0.15) is 71.1 Å². The SMILES string of the molecule is CCNC(C1CCCCCC1)C1(N(C)C)CCCC1. The molecular weight excluding hydrogens is 232 g/mol. The molecule has 0 saturated heterocycles. The second kappa shape index (κ2) is 7.08. The van der Waals surface area contributed by atoms with Gasteiger partial charge in [0.15, 0.2) is 0 Å². The molecule has 0 bridgehead atoms. The predicted molar refractivity (Wildman–Crippen MR) is 83.5 cm³/mol. The van der Waals surface area contributed by atoms with Crippen LogP contribution in [0.25, 0.3) is 0 Å². The van der Waals surface area contributed by atoms with E-state index in [1.807, 2.05) is 0 Å². The molecule has 0 heterocycles. The Morgan fingerprint density at radius 2 is 1.58 bits per heavy atom. The maximum absolute atomic E-state index is 3.90. The maximum Gasteiger partial charge on any atom is 0.0359 e. The van der Waals surface area contributed by atoms with E-state index in [0.717, 1.165) is 12.5 Å². The average Bonchev–Trinajstić information content (AvgIpc) is 2.74. The van der Waals surface area contributed by atoms with E-state index in [0.29, 0.717) is 11.6 Å². The third kappa shape index (κ3) is 3.33. The highest BCUT2D eigenvalue weighted by atomic mass is 15.2. The van der Waals surface area contributed by atoms with Gasteiger partial charge < -0.3 is 10.2 Å². The number of nitrogens with zero attached hydrogens (tertiary/aromatic N) is 1.